The van der Waals surface area contributed by atoms with Gasteiger partial charge in [0.2, 0.25) is 0 Å². The molecule has 1 aliphatic rings. The van der Waals surface area contributed by atoms with Gasteiger partial charge in [-0.25, -0.2) is 4.39 Å². The highest BCUT2D eigenvalue weighted by Gasteiger charge is 2.27. The average molecular weight is 299 g/mol. The molecule has 0 bridgehead atoms. The van der Waals surface area contributed by atoms with Crippen LogP contribution in [-0.2, 0) is 0 Å². The lowest BCUT2D eigenvalue weighted by atomic mass is 9.86. The molecule has 0 saturated heterocycles. The number of hydrogen-bond donors (Lipinski definition) is 1. The summed E-state index contributed by atoms with van der Waals surface area (Å²) in [5, 5.41) is 0.173. The maximum absolute atomic E-state index is 13.3. The van der Waals surface area contributed by atoms with Gasteiger partial charge in [-0.2, -0.15) is 0 Å². The number of rotatable bonds is 4. The van der Waals surface area contributed by atoms with E-state index < -0.39 is 0 Å². The number of halogens is 2. The summed E-state index contributed by atoms with van der Waals surface area (Å²) >= 11 is 5.89. The standard InChI is InChI=1S/C16H24ClFN2/c1-11-3-6-13(7-4-11)20(2)16(10-19)12-5-8-15(18)14(17)9-12/h5,8-9,11,13,16H,3-4,6-7,10,19H2,1-2H3. The molecule has 0 radical (unpaired) electrons. The van der Waals surface area contributed by atoms with Crippen LogP contribution < -0.4 is 5.73 Å². The third-order valence-corrected chi connectivity index (χ3v) is 4.89. The molecule has 4 heteroatoms. The van der Waals surface area contributed by atoms with Gasteiger partial charge in [0.25, 0.3) is 0 Å². The minimum absolute atomic E-state index is 0.103. The highest BCUT2D eigenvalue weighted by molar-refractivity contribution is 6.30. The summed E-state index contributed by atoms with van der Waals surface area (Å²) < 4.78 is 13.3. The van der Waals surface area contributed by atoms with Gasteiger partial charge in [0.05, 0.1) is 5.02 Å². The van der Waals surface area contributed by atoms with Crippen LogP contribution in [0.15, 0.2) is 18.2 Å². The molecule has 1 saturated carbocycles. The Labute approximate surface area is 126 Å². The monoisotopic (exact) mass is 298 g/mol. The molecule has 0 aromatic heterocycles. The van der Waals surface area contributed by atoms with Crippen LogP contribution in [0.25, 0.3) is 0 Å². The van der Waals surface area contributed by atoms with Gasteiger partial charge in [-0.3, -0.25) is 4.90 Å². The highest BCUT2D eigenvalue weighted by Crippen LogP contribution is 2.32. The first kappa shape index (κ1) is 15.7. The molecule has 1 fully saturated rings. The van der Waals surface area contributed by atoms with Crippen LogP contribution in [0.4, 0.5) is 4.39 Å². The molecule has 20 heavy (non-hydrogen) atoms. The Kier molecular flexibility index (Phi) is 5.42. The Hall–Kier alpha value is -0.640. The molecule has 1 aromatic rings. The second kappa shape index (κ2) is 6.88. The lowest BCUT2D eigenvalue weighted by Crippen LogP contribution is -2.40. The number of hydrogen-bond acceptors (Lipinski definition) is 2. The van der Waals surface area contributed by atoms with Crippen molar-refractivity contribution >= 4 is 11.6 Å². The van der Waals surface area contributed by atoms with Gasteiger partial charge in [-0.15, -0.1) is 0 Å². The van der Waals surface area contributed by atoms with Crippen LogP contribution in [0.2, 0.25) is 5.02 Å². The zero-order chi connectivity index (χ0) is 14.7. The van der Waals surface area contributed by atoms with Gasteiger partial charge in [0.1, 0.15) is 5.82 Å². The fraction of sp³-hybridized carbons (Fsp3) is 0.625. The van der Waals surface area contributed by atoms with Crippen molar-refractivity contribution < 1.29 is 4.39 Å². The smallest absolute Gasteiger partial charge is 0.141 e. The van der Waals surface area contributed by atoms with Crippen molar-refractivity contribution in [1.29, 1.82) is 0 Å². The second-order valence-electron chi connectivity index (χ2n) is 6.00. The predicted octanol–water partition coefficient (Wildman–Crippen LogP) is 3.99. The van der Waals surface area contributed by atoms with Crippen LogP contribution in [0.1, 0.15) is 44.2 Å². The molecule has 1 atom stereocenters. The Morgan fingerprint density at radius 2 is 2.00 bits per heavy atom. The largest absolute Gasteiger partial charge is 0.329 e. The fourth-order valence-electron chi connectivity index (χ4n) is 3.16. The molecular weight excluding hydrogens is 275 g/mol. The van der Waals surface area contributed by atoms with E-state index in [1.54, 1.807) is 12.1 Å². The summed E-state index contributed by atoms with van der Waals surface area (Å²) in [4.78, 5) is 2.34. The van der Waals surface area contributed by atoms with Crippen molar-refractivity contribution in [3.63, 3.8) is 0 Å². The summed E-state index contributed by atoms with van der Waals surface area (Å²) in [6.45, 7) is 2.83. The van der Waals surface area contributed by atoms with Gasteiger partial charge in [-0.05, 0) is 56.3 Å². The molecule has 1 aromatic carbocycles. The summed E-state index contributed by atoms with van der Waals surface area (Å²) in [5.74, 6) is 0.455. The Morgan fingerprint density at radius 1 is 1.35 bits per heavy atom. The van der Waals surface area contributed by atoms with E-state index in [0.717, 1.165) is 11.5 Å². The van der Waals surface area contributed by atoms with Crippen molar-refractivity contribution in [2.75, 3.05) is 13.6 Å². The van der Waals surface area contributed by atoms with Crippen LogP contribution in [-0.4, -0.2) is 24.5 Å². The van der Waals surface area contributed by atoms with Crippen molar-refractivity contribution in [3.05, 3.63) is 34.6 Å². The Balaban J connectivity index is 2.12. The van der Waals surface area contributed by atoms with E-state index in [9.17, 15) is 4.39 Å². The zero-order valence-electron chi connectivity index (χ0n) is 12.3. The lowest BCUT2D eigenvalue weighted by molar-refractivity contribution is 0.126. The highest BCUT2D eigenvalue weighted by atomic mass is 35.5. The van der Waals surface area contributed by atoms with Crippen LogP contribution in [0.3, 0.4) is 0 Å². The van der Waals surface area contributed by atoms with E-state index in [2.05, 4.69) is 18.9 Å². The van der Waals surface area contributed by atoms with Crippen LogP contribution in [0.5, 0.6) is 0 Å². The minimum Gasteiger partial charge on any atom is -0.329 e. The van der Waals surface area contributed by atoms with Gasteiger partial charge in [0, 0.05) is 18.6 Å². The van der Waals surface area contributed by atoms with E-state index in [1.165, 1.54) is 31.7 Å². The summed E-state index contributed by atoms with van der Waals surface area (Å²) in [5.41, 5.74) is 6.95. The number of likely N-dealkylation sites (N-methyl/N-ethyl adjacent to an activating group) is 1. The molecule has 1 unspecified atom stereocenters. The van der Waals surface area contributed by atoms with Gasteiger partial charge in [-0.1, -0.05) is 24.6 Å². The summed E-state index contributed by atoms with van der Waals surface area (Å²) in [7, 11) is 2.12. The van der Waals surface area contributed by atoms with E-state index in [4.69, 9.17) is 17.3 Å². The molecule has 2 N–H and O–H groups in total. The fourth-order valence-corrected chi connectivity index (χ4v) is 3.35. The molecular formula is C16H24ClFN2. The van der Waals surface area contributed by atoms with Crippen LogP contribution in [0, 0.1) is 11.7 Å². The van der Waals surface area contributed by atoms with Gasteiger partial charge < -0.3 is 5.73 Å². The second-order valence-corrected chi connectivity index (χ2v) is 6.41. The third kappa shape index (κ3) is 3.51. The molecule has 112 valence electrons. The van der Waals surface area contributed by atoms with Crippen molar-refractivity contribution in [3.8, 4) is 0 Å². The first-order chi connectivity index (χ1) is 9.52. The normalized spacial score (nSPS) is 24.9. The van der Waals surface area contributed by atoms with E-state index in [-0.39, 0.29) is 16.9 Å². The molecule has 0 amide bonds. The van der Waals surface area contributed by atoms with E-state index in [1.807, 2.05) is 0 Å². The first-order valence-corrected chi connectivity index (χ1v) is 7.77. The maximum atomic E-state index is 13.3. The van der Waals surface area contributed by atoms with Gasteiger partial charge in [0.15, 0.2) is 0 Å². The Morgan fingerprint density at radius 3 is 2.55 bits per heavy atom. The summed E-state index contributed by atoms with van der Waals surface area (Å²) in [6, 6.07) is 5.59. The summed E-state index contributed by atoms with van der Waals surface area (Å²) in [6.07, 6.45) is 4.97. The predicted molar refractivity (Wildman–Crippen MR) is 82.4 cm³/mol. The van der Waals surface area contributed by atoms with E-state index in [0.29, 0.717) is 12.6 Å². The molecule has 2 rings (SSSR count). The number of benzene rings is 1. The third-order valence-electron chi connectivity index (χ3n) is 4.60. The SMILES string of the molecule is CC1CCC(N(C)C(CN)c2ccc(F)c(Cl)c2)CC1. The quantitative estimate of drug-likeness (QED) is 0.911. The maximum Gasteiger partial charge on any atom is 0.141 e. The first-order valence-electron chi connectivity index (χ1n) is 7.40. The molecule has 0 aliphatic heterocycles. The average Bonchev–Trinajstić information content (AvgIpc) is 2.44. The zero-order valence-corrected chi connectivity index (χ0v) is 13.0. The van der Waals surface area contributed by atoms with Crippen LogP contribution >= 0.6 is 11.6 Å². The number of nitrogens with zero attached hydrogens (tertiary/aromatic N) is 1. The molecule has 0 spiro atoms. The van der Waals surface area contributed by atoms with Gasteiger partial charge >= 0.3 is 0 Å². The van der Waals surface area contributed by atoms with Crippen molar-refractivity contribution in [1.82, 2.24) is 4.90 Å². The molecule has 0 heterocycles. The molecule has 2 nitrogen and oxygen atoms in total. The minimum atomic E-state index is -0.375. The Bertz CT molecular complexity index is 444. The topological polar surface area (TPSA) is 29.3 Å². The number of nitrogens with two attached hydrogens (primary N) is 1. The van der Waals surface area contributed by atoms with Crippen molar-refractivity contribution in [2.45, 2.75) is 44.7 Å². The van der Waals surface area contributed by atoms with E-state index >= 15 is 0 Å². The molecule has 1 aliphatic carbocycles. The lowest BCUT2D eigenvalue weighted by Gasteiger charge is -2.38. The van der Waals surface area contributed by atoms with Crippen molar-refractivity contribution in [2.24, 2.45) is 11.7 Å².